The predicted octanol–water partition coefficient (Wildman–Crippen LogP) is 2.59. The minimum atomic E-state index is -0.631. The number of aromatic nitrogens is 4. The number of nitrogens with one attached hydrogen (secondary N) is 1. The molecule has 0 aliphatic heterocycles. The number of hydrogen-bond acceptors (Lipinski definition) is 5. The molecule has 0 radical (unpaired) electrons. The maximum atomic E-state index is 12.4. The van der Waals surface area contributed by atoms with Crippen LogP contribution in [0.4, 0.5) is 11.4 Å². The fraction of sp³-hybridized carbons (Fsp3) is 0.133. The smallest absolute Gasteiger partial charge is 0.320 e. The maximum Gasteiger partial charge on any atom is 0.320 e. The lowest BCUT2D eigenvalue weighted by atomic mass is 10.2. The summed E-state index contributed by atoms with van der Waals surface area (Å²) in [4.78, 5) is 22.8. The van der Waals surface area contributed by atoms with Gasteiger partial charge in [-0.2, -0.15) is 10.2 Å². The Balaban J connectivity index is 1.79. The first-order chi connectivity index (χ1) is 11.9. The third-order valence-corrected chi connectivity index (χ3v) is 3.87. The lowest BCUT2D eigenvalue weighted by Crippen LogP contribution is -2.17. The van der Waals surface area contributed by atoms with E-state index in [1.165, 1.54) is 11.7 Å². The number of hydrogen-bond donors (Lipinski definition) is 1. The molecule has 0 unspecified atom stereocenters. The zero-order valence-corrected chi connectivity index (χ0v) is 14.7. The molecule has 10 heteroatoms. The molecular formula is C15H13BrN6O3. The molecule has 1 amide bonds. The van der Waals surface area contributed by atoms with Gasteiger partial charge in [0.25, 0.3) is 5.91 Å². The Morgan fingerprint density at radius 2 is 2.16 bits per heavy atom. The van der Waals surface area contributed by atoms with Crippen LogP contribution >= 0.6 is 15.9 Å². The molecule has 0 fully saturated rings. The summed E-state index contributed by atoms with van der Waals surface area (Å²) >= 11 is 3.34. The third-order valence-electron chi connectivity index (χ3n) is 3.46. The van der Waals surface area contributed by atoms with Gasteiger partial charge in [-0.3, -0.25) is 24.3 Å². The van der Waals surface area contributed by atoms with Gasteiger partial charge in [-0.05, 0) is 33.6 Å². The molecule has 3 aromatic rings. The van der Waals surface area contributed by atoms with E-state index in [1.807, 2.05) is 12.3 Å². The Hall–Kier alpha value is -3.01. The number of carbonyl (C=O) groups excluding carboxylic acids is 1. The van der Waals surface area contributed by atoms with E-state index in [4.69, 9.17) is 0 Å². The van der Waals surface area contributed by atoms with Crippen molar-refractivity contribution in [2.24, 2.45) is 7.05 Å². The Morgan fingerprint density at radius 1 is 1.36 bits per heavy atom. The van der Waals surface area contributed by atoms with Crippen LogP contribution in [0.3, 0.4) is 0 Å². The van der Waals surface area contributed by atoms with Gasteiger partial charge in [0.15, 0.2) is 0 Å². The molecule has 9 nitrogen and oxygen atoms in total. The zero-order valence-electron chi connectivity index (χ0n) is 13.1. The number of amides is 1. The van der Waals surface area contributed by atoms with E-state index in [9.17, 15) is 14.9 Å². The molecule has 3 rings (SSSR count). The summed E-state index contributed by atoms with van der Waals surface area (Å²) in [5, 5.41) is 21.6. The van der Waals surface area contributed by atoms with Crippen molar-refractivity contribution in [1.82, 2.24) is 19.6 Å². The highest BCUT2D eigenvalue weighted by Gasteiger charge is 2.25. The molecule has 25 heavy (non-hydrogen) atoms. The van der Waals surface area contributed by atoms with Gasteiger partial charge < -0.3 is 5.32 Å². The van der Waals surface area contributed by atoms with Crippen LogP contribution in [0.15, 0.2) is 47.3 Å². The SMILES string of the molecule is Cn1ncc([N+](=O)[O-])c1C(=O)Nc1cccc(Cn2cc(Br)cn2)c1. The van der Waals surface area contributed by atoms with Gasteiger partial charge in [-0.15, -0.1) is 0 Å². The maximum absolute atomic E-state index is 12.4. The summed E-state index contributed by atoms with van der Waals surface area (Å²) in [6.45, 7) is 0.529. The van der Waals surface area contributed by atoms with E-state index < -0.39 is 10.8 Å². The van der Waals surface area contributed by atoms with Crippen LogP contribution in [0, 0.1) is 10.1 Å². The first kappa shape index (κ1) is 16.8. The summed E-state index contributed by atoms with van der Waals surface area (Å²) in [6, 6.07) is 7.19. The van der Waals surface area contributed by atoms with Crippen molar-refractivity contribution in [3.8, 4) is 0 Å². The Kier molecular flexibility index (Phi) is 4.61. The minimum Gasteiger partial charge on any atom is -0.320 e. The molecule has 1 N–H and O–H groups in total. The van der Waals surface area contributed by atoms with Crippen LogP contribution in [0.5, 0.6) is 0 Å². The van der Waals surface area contributed by atoms with Gasteiger partial charge in [0.05, 0.1) is 22.1 Å². The molecule has 0 aliphatic carbocycles. The summed E-state index contributed by atoms with van der Waals surface area (Å²) < 4.78 is 3.80. The molecule has 1 aromatic carbocycles. The van der Waals surface area contributed by atoms with Crippen molar-refractivity contribution in [2.75, 3.05) is 5.32 Å². The minimum absolute atomic E-state index is 0.105. The van der Waals surface area contributed by atoms with Gasteiger partial charge >= 0.3 is 5.69 Å². The fourth-order valence-corrected chi connectivity index (χ4v) is 2.70. The van der Waals surface area contributed by atoms with Crippen molar-refractivity contribution in [1.29, 1.82) is 0 Å². The third kappa shape index (κ3) is 3.74. The van der Waals surface area contributed by atoms with E-state index >= 15 is 0 Å². The number of aryl methyl sites for hydroxylation is 1. The zero-order chi connectivity index (χ0) is 18.0. The standard InChI is InChI=1S/C15H13BrN6O3/c1-20-14(13(7-17-20)22(24)25)15(23)19-12-4-2-3-10(5-12)8-21-9-11(16)6-18-21/h2-7,9H,8H2,1H3,(H,19,23). The number of anilines is 1. The molecule has 2 aromatic heterocycles. The predicted molar refractivity (Wildman–Crippen MR) is 93.3 cm³/mol. The largest absolute Gasteiger partial charge is 0.320 e. The molecule has 2 heterocycles. The Morgan fingerprint density at radius 3 is 2.84 bits per heavy atom. The summed E-state index contributed by atoms with van der Waals surface area (Å²) in [5.41, 5.74) is 1.01. The van der Waals surface area contributed by atoms with E-state index in [-0.39, 0.29) is 11.4 Å². The molecule has 0 saturated carbocycles. The highest BCUT2D eigenvalue weighted by Crippen LogP contribution is 2.19. The second-order valence-corrected chi connectivity index (χ2v) is 6.19. The highest BCUT2D eigenvalue weighted by atomic mass is 79.9. The number of benzene rings is 1. The first-order valence-corrected chi connectivity index (χ1v) is 7.98. The van der Waals surface area contributed by atoms with E-state index in [1.54, 1.807) is 29.1 Å². The average Bonchev–Trinajstić information content (AvgIpc) is 3.13. The van der Waals surface area contributed by atoms with Gasteiger partial charge in [0.2, 0.25) is 5.69 Å². The van der Waals surface area contributed by atoms with Crippen molar-refractivity contribution in [3.05, 3.63) is 68.7 Å². The van der Waals surface area contributed by atoms with E-state index in [0.717, 1.165) is 16.2 Å². The number of carbonyl (C=O) groups is 1. The molecule has 0 bridgehead atoms. The monoisotopic (exact) mass is 404 g/mol. The first-order valence-electron chi connectivity index (χ1n) is 7.18. The molecule has 0 saturated heterocycles. The summed E-state index contributed by atoms with van der Waals surface area (Å²) in [7, 11) is 1.48. The van der Waals surface area contributed by atoms with Crippen molar-refractivity contribution >= 4 is 33.2 Å². The van der Waals surface area contributed by atoms with E-state index in [2.05, 4.69) is 31.4 Å². The van der Waals surface area contributed by atoms with Gasteiger partial charge in [-0.25, -0.2) is 0 Å². The number of halogens is 1. The van der Waals surface area contributed by atoms with Gasteiger partial charge in [0, 0.05) is 18.9 Å². The van der Waals surface area contributed by atoms with Gasteiger partial charge in [0.1, 0.15) is 6.20 Å². The number of nitrogens with zero attached hydrogens (tertiary/aromatic N) is 5. The van der Waals surface area contributed by atoms with Crippen LogP contribution in [-0.4, -0.2) is 30.4 Å². The van der Waals surface area contributed by atoms with Crippen LogP contribution in [0.2, 0.25) is 0 Å². The van der Waals surface area contributed by atoms with Crippen LogP contribution in [0.25, 0.3) is 0 Å². The summed E-state index contributed by atoms with van der Waals surface area (Å²) in [5.74, 6) is -0.592. The van der Waals surface area contributed by atoms with Crippen LogP contribution < -0.4 is 5.32 Å². The highest BCUT2D eigenvalue weighted by molar-refractivity contribution is 9.10. The molecule has 0 spiro atoms. The Bertz CT molecular complexity index is 948. The lowest BCUT2D eigenvalue weighted by molar-refractivity contribution is -0.385. The Labute approximate surface area is 150 Å². The van der Waals surface area contributed by atoms with E-state index in [0.29, 0.717) is 12.2 Å². The second-order valence-electron chi connectivity index (χ2n) is 5.27. The topological polar surface area (TPSA) is 108 Å². The molecule has 128 valence electrons. The normalized spacial score (nSPS) is 10.6. The number of nitro groups is 1. The van der Waals surface area contributed by atoms with Crippen molar-refractivity contribution in [3.63, 3.8) is 0 Å². The van der Waals surface area contributed by atoms with Gasteiger partial charge in [-0.1, -0.05) is 12.1 Å². The molecule has 0 aliphatic rings. The fourth-order valence-electron chi connectivity index (χ4n) is 2.37. The second kappa shape index (κ2) is 6.85. The lowest BCUT2D eigenvalue weighted by Gasteiger charge is -2.08. The quantitative estimate of drug-likeness (QED) is 0.519. The van der Waals surface area contributed by atoms with Crippen molar-refractivity contribution in [2.45, 2.75) is 6.54 Å². The van der Waals surface area contributed by atoms with Crippen LogP contribution in [0.1, 0.15) is 16.1 Å². The number of rotatable bonds is 5. The summed E-state index contributed by atoms with van der Waals surface area (Å²) in [6.07, 6.45) is 4.58. The van der Waals surface area contributed by atoms with Crippen molar-refractivity contribution < 1.29 is 9.72 Å². The molecular weight excluding hydrogens is 392 g/mol. The van der Waals surface area contributed by atoms with Crippen LogP contribution in [-0.2, 0) is 13.6 Å². The molecule has 0 atom stereocenters. The average molecular weight is 405 g/mol.